The minimum atomic E-state index is -3.66. The van der Waals surface area contributed by atoms with Crippen LogP contribution >= 0.6 is 0 Å². The molecule has 0 aliphatic rings. The van der Waals surface area contributed by atoms with Crippen LogP contribution in [0.3, 0.4) is 0 Å². The predicted octanol–water partition coefficient (Wildman–Crippen LogP) is 3.50. The third-order valence-corrected chi connectivity index (χ3v) is 5.33. The minimum Gasteiger partial charge on any atom is -0.497 e. The first-order valence-corrected chi connectivity index (χ1v) is 10.5. The van der Waals surface area contributed by atoms with Gasteiger partial charge in [-0.3, -0.25) is 9.10 Å². The Kier molecular flexibility index (Phi) is 6.49. The summed E-state index contributed by atoms with van der Waals surface area (Å²) in [4.78, 5) is 12.9. The Morgan fingerprint density at radius 2 is 1.67 bits per heavy atom. The maximum atomic E-state index is 12.9. The molecule has 6 nitrogen and oxygen atoms in total. The summed E-state index contributed by atoms with van der Waals surface area (Å²) in [5.41, 5.74) is 2.94. The molecule has 0 spiro atoms. The van der Waals surface area contributed by atoms with Crippen molar-refractivity contribution in [3.05, 3.63) is 53.6 Å². The van der Waals surface area contributed by atoms with E-state index in [2.05, 4.69) is 5.32 Å². The molecule has 0 radical (unpaired) electrons. The molecule has 0 fully saturated rings. The van der Waals surface area contributed by atoms with Crippen LogP contribution in [0.15, 0.2) is 42.5 Å². The van der Waals surface area contributed by atoms with Gasteiger partial charge < -0.3 is 10.1 Å². The zero-order chi connectivity index (χ0) is 20.2. The molecule has 146 valence electrons. The third kappa shape index (κ3) is 5.23. The van der Waals surface area contributed by atoms with Crippen molar-refractivity contribution in [3.63, 3.8) is 0 Å². The average Bonchev–Trinajstić information content (AvgIpc) is 2.58. The molecule has 0 aliphatic carbocycles. The van der Waals surface area contributed by atoms with E-state index in [9.17, 15) is 13.2 Å². The second kappa shape index (κ2) is 8.43. The number of aryl methyl sites for hydroxylation is 2. The average molecular weight is 391 g/mol. The summed E-state index contributed by atoms with van der Waals surface area (Å²) in [6, 6.07) is 11.5. The first kappa shape index (κ1) is 20.8. The zero-order valence-electron chi connectivity index (χ0n) is 16.3. The van der Waals surface area contributed by atoms with Gasteiger partial charge in [-0.2, -0.15) is 0 Å². The molecule has 2 aromatic carbocycles. The van der Waals surface area contributed by atoms with Crippen molar-refractivity contribution in [1.82, 2.24) is 0 Å². The standard InChI is InChI=1S/C20H26N2O4S/c1-6-19(20(23)21-16-7-9-18(26-4)10-8-16)22(27(5,24)25)17-12-14(2)11-15(3)13-17/h7-13,19H,6H2,1-5H3,(H,21,23)/t19-/m0/s1. The maximum Gasteiger partial charge on any atom is 0.248 e. The molecule has 1 N–H and O–H groups in total. The van der Waals surface area contributed by atoms with Gasteiger partial charge in [-0.15, -0.1) is 0 Å². The van der Waals surface area contributed by atoms with Gasteiger partial charge in [0.15, 0.2) is 0 Å². The Morgan fingerprint density at radius 3 is 2.11 bits per heavy atom. The molecule has 0 aromatic heterocycles. The molecule has 0 saturated carbocycles. The van der Waals surface area contributed by atoms with Crippen LogP contribution in [0.25, 0.3) is 0 Å². The number of carbonyl (C=O) groups is 1. The van der Waals surface area contributed by atoms with Crippen LogP contribution in [0.2, 0.25) is 0 Å². The monoisotopic (exact) mass is 390 g/mol. The van der Waals surface area contributed by atoms with Crippen molar-refractivity contribution < 1.29 is 17.9 Å². The number of rotatable bonds is 7. The van der Waals surface area contributed by atoms with Gasteiger partial charge in [0, 0.05) is 5.69 Å². The van der Waals surface area contributed by atoms with Gasteiger partial charge in [-0.05, 0) is 67.8 Å². The van der Waals surface area contributed by atoms with Gasteiger partial charge in [-0.1, -0.05) is 13.0 Å². The summed E-state index contributed by atoms with van der Waals surface area (Å²) in [6.07, 6.45) is 1.45. The first-order valence-electron chi connectivity index (χ1n) is 8.68. The lowest BCUT2D eigenvalue weighted by molar-refractivity contribution is -0.117. The SMILES string of the molecule is CC[C@@H](C(=O)Nc1ccc(OC)cc1)N(c1cc(C)cc(C)c1)S(C)(=O)=O. The van der Waals surface area contributed by atoms with E-state index in [1.807, 2.05) is 19.9 Å². The first-order chi connectivity index (χ1) is 12.7. The van der Waals surface area contributed by atoms with Gasteiger partial charge in [0.1, 0.15) is 11.8 Å². The summed E-state index contributed by atoms with van der Waals surface area (Å²) in [5.74, 6) is 0.292. The van der Waals surface area contributed by atoms with Crippen LogP contribution in [-0.4, -0.2) is 33.7 Å². The summed E-state index contributed by atoms with van der Waals surface area (Å²) in [6.45, 7) is 5.59. The van der Waals surface area contributed by atoms with Crippen molar-refractivity contribution in [1.29, 1.82) is 0 Å². The number of nitrogens with one attached hydrogen (secondary N) is 1. The molecule has 0 aliphatic heterocycles. The lowest BCUT2D eigenvalue weighted by Gasteiger charge is -2.30. The van der Waals surface area contributed by atoms with Crippen LogP contribution in [0.4, 0.5) is 11.4 Å². The molecule has 1 amide bonds. The predicted molar refractivity (Wildman–Crippen MR) is 109 cm³/mol. The molecule has 0 saturated heterocycles. The van der Waals surface area contributed by atoms with Crippen molar-refractivity contribution in [2.45, 2.75) is 33.2 Å². The molecule has 0 bridgehead atoms. The molecular formula is C20H26N2O4S. The smallest absolute Gasteiger partial charge is 0.248 e. The van der Waals surface area contributed by atoms with E-state index in [0.717, 1.165) is 17.4 Å². The Labute approximate surface area is 161 Å². The van der Waals surface area contributed by atoms with Crippen LogP contribution in [0.5, 0.6) is 5.75 Å². The highest BCUT2D eigenvalue weighted by Crippen LogP contribution is 2.26. The second-order valence-electron chi connectivity index (χ2n) is 6.55. The molecular weight excluding hydrogens is 364 g/mol. The van der Waals surface area contributed by atoms with E-state index in [1.54, 1.807) is 50.4 Å². The highest BCUT2D eigenvalue weighted by Gasteiger charge is 2.31. The Morgan fingerprint density at radius 1 is 1.11 bits per heavy atom. The molecule has 2 aromatic rings. The van der Waals surface area contributed by atoms with Crippen molar-refractivity contribution in [2.24, 2.45) is 0 Å². The highest BCUT2D eigenvalue weighted by atomic mass is 32.2. The number of benzene rings is 2. The van der Waals surface area contributed by atoms with Gasteiger partial charge in [0.05, 0.1) is 19.1 Å². The second-order valence-corrected chi connectivity index (χ2v) is 8.41. The molecule has 0 unspecified atom stereocenters. The Hall–Kier alpha value is -2.54. The van der Waals surface area contributed by atoms with E-state index in [4.69, 9.17) is 4.74 Å². The third-order valence-electron chi connectivity index (χ3n) is 4.15. The van der Waals surface area contributed by atoms with E-state index >= 15 is 0 Å². The zero-order valence-corrected chi connectivity index (χ0v) is 17.1. The van der Waals surface area contributed by atoms with Crippen molar-refractivity contribution in [3.8, 4) is 5.75 Å². The summed E-state index contributed by atoms with van der Waals surface area (Å²) < 4.78 is 31.4. The van der Waals surface area contributed by atoms with Crippen LogP contribution in [0, 0.1) is 13.8 Å². The van der Waals surface area contributed by atoms with Gasteiger partial charge >= 0.3 is 0 Å². The Bertz CT molecular complexity index is 888. The van der Waals surface area contributed by atoms with Gasteiger partial charge in [-0.25, -0.2) is 8.42 Å². The molecule has 1 atom stereocenters. The summed E-state index contributed by atoms with van der Waals surface area (Å²) >= 11 is 0. The number of carbonyl (C=O) groups excluding carboxylic acids is 1. The lowest BCUT2D eigenvalue weighted by Crippen LogP contribution is -2.47. The van der Waals surface area contributed by atoms with Crippen molar-refractivity contribution in [2.75, 3.05) is 23.0 Å². The number of ether oxygens (including phenoxy) is 1. The van der Waals surface area contributed by atoms with E-state index in [1.165, 1.54) is 4.31 Å². The Balaban J connectivity index is 2.37. The molecule has 7 heteroatoms. The van der Waals surface area contributed by atoms with Crippen LogP contribution < -0.4 is 14.4 Å². The van der Waals surface area contributed by atoms with E-state index < -0.39 is 16.1 Å². The minimum absolute atomic E-state index is 0.335. The maximum absolute atomic E-state index is 12.9. The van der Waals surface area contributed by atoms with Crippen LogP contribution in [-0.2, 0) is 14.8 Å². The topological polar surface area (TPSA) is 75.7 Å². The molecule has 27 heavy (non-hydrogen) atoms. The lowest BCUT2D eigenvalue weighted by atomic mass is 10.1. The molecule has 2 rings (SSSR count). The fourth-order valence-corrected chi connectivity index (χ4v) is 4.23. The largest absolute Gasteiger partial charge is 0.497 e. The quantitative estimate of drug-likeness (QED) is 0.785. The number of hydrogen-bond donors (Lipinski definition) is 1. The number of methoxy groups -OCH3 is 1. The highest BCUT2D eigenvalue weighted by molar-refractivity contribution is 7.92. The van der Waals surface area contributed by atoms with Gasteiger partial charge in [0.25, 0.3) is 0 Å². The normalized spacial score (nSPS) is 12.3. The fraction of sp³-hybridized carbons (Fsp3) is 0.350. The number of nitrogens with zero attached hydrogens (tertiary/aromatic N) is 1. The number of anilines is 2. The number of hydrogen-bond acceptors (Lipinski definition) is 4. The number of sulfonamides is 1. The van der Waals surface area contributed by atoms with E-state index in [-0.39, 0.29) is 5.91 Å². The summed E-state index contributed by atoms with van der Waals surface area (Å²) in [7, 11) is -2.09. The fourth-order valence-electron chi connectivity index (χ4n) is 3.04. The van der Waals surface area contributed by atoms with Gasteiger partial charge in [0.2, 0.25) is 15.9 Å². The molecule has 0 heterocycles. The van der Waals surface area contributed by atoms with Crippen LogP contribution in [0.1, 0.15) is 24.5 Å². The number of amides is 1. The van der Waals surface area contributed by atoms with Crippen molar-refractivity contribution >= 4 is 27.3 Å². The van der Waals surface area contributed by atoms with E-state index in [0.29, 0.717) is 23.5 Å². The summed E-state index contributed by atoms with van der Waals surface area (Å²) in [5, 5.41) is 2.80.